The van der Waals surface area contributed by atoms with Gasteiger partial charge in [0.15, 0.2) is 11.4 Å². The third kappa shape index (κ3) is 3.30. The number of carbonyl (C=O) groups is 3. The Bertz CT molecular complexity index is 1320. The van der Waals surface area contributed by atoms with Gasteiger partial charge in [-0.15, -0.1) is 0 Å². The first-order chi connectivity index (χ1) is 17.3. The zero-order chi connectivity index (χ0) is 27.1. The highest BCUT2D eigenvalue weighted by Crippen LogP contribution is 2.53. The Morgan fingerprint density at radius 2 is 1.92 bits per heavy atom. The molecule has 0 spiro atoms. The Balaban J connectivity index is 1.70. The number of phenols is 1. The van der Waals surface area contributed by atoms with Crippen molar-refractivity contribution >= 4 is 23.2 Å². The molecule has 1 amide bonds. The van der Waals surface area contributed by atoms with Crippen LogP contribution in [-0.2, 0) is 20.8 Å². The number of hydrogen-bond donors (Lipinski definition) is 5. The number of aliphatic hydroxyl groups is 3. The van der Waals surface area contributed by atoms with E-state index in [2.05, 4.69) is 0 Å². The number of ketones is 2. The molecule has 11 heteroatoms. The summed E-state index contributed by atoms with van der Waals surface area (Å²) in [6.07, 6.45) is 1.42. The fraction of sp³-hybridized carbons (Fsp3) is 0.500. The first-order valence-corrected chi connectivity index (χ1v) is 12.2. The number of rotatable bonds is 3. The molecule has 5 atom stereocenters. The number of Topliss-reactive ketones (excluding diaryl/α,β-unsaturated/α-hetero) is 2. The van der Waals surface area contributed by atoms with Gasteiger partial charge in [0.2, 0.25) is 5.78 Å². The molecule has 0 aromatic heterocycles. The number of hydrogen-bond acceptors (Lipinski definition) is 9. The maximum absolute atomic E-state index is 15.9. The normalized spacial score (nSPS) is 32.1. The summed E-state index contributed by atoms with van der Waals surface area (Å²) in [5, 5.41) is 44.5. The van der Waals surface area contributed by atoms with Crippen molar-refractivity contribution in [3.05, 3.63) is 45.5 Å². The van der Waals surface area contributed by atoms with E-state index < -0.39 is 69.6 Å². The van der Waals surface area contributed by atoms with Gasteiger partial charge in [0.05, 0.1) is 11.6 Å². The molecule has 1 saturated heterocycles. The van der Waals surface area contributed by atoms with Crippen molar-refractivity contribution in [3.8, 4) is 5.75 Å². The summed E-state index contributed by atoms with van der Waals surface area (Å²) in [4.78, 5) is 42.3. The third-order valence-electron chi connectivity index (χ3n) is 8.56. The van der Waals surface area contributed by atoms with Gasteiger partial charge in [0, 0.05) is 28.7 Å². The van der Waals surface area contributed by atoms with E-state index >= 15 is 4.39 Å². The minimum absolute atomic E-state index is 0.0564. The van der Waals surface area contributed by atoms with Crippen molar-refractivity contribution in [1.82, 2.24) is 9.80 Å². The number of aromatic hydroxyl groups is 1. The highest BCUT2D eigenvalue weighted by atomic mass is 19.1. The van der Waals surface area contributed by atoms with E-state index in [-0.39, 0.29) is 35.6 Å². The molecule has 1 heterocycles. The van der Waals surface area contributed by atoms with Gasteiger partial charge in [-0.25, -0.2) is 4.39 Å². The van der Waals surface area contributed by atoms with Gasteiger partial charge in [0.25, 0.3) is 5.91 Å². The first kappa shape index (κ1) is 25.4. The number of benzene rings is 1. The minimum Gasteiger partial charge on any atom is -0.508 e. The molecule has 1 aromatic rings. The number of amides is 1. The second-order valence-corrected chi connectivity index (χ2v) is 10.8. The lowest BCUT2D eigenvalue weighted by Gasteiger charge is -2.50. The highest BCUT2D eigenvalue weighted by Gasteiger charge is 2.64. The number of nitrogens with zero attached hydrogens (tertiary/aromatic N) is 2. The summed E-state index contributed by atoms with van der Waals surface area (Å²) in [7, 11) is 4.91. The van der Waals surface area contributed by atoms with Crippen LogP contribution in [-0.4, -0.2) is 87.0 Å². The second-order valence-electron chi connectivity index (χ2n) is 10.8. The maximum atomic E-state index is 15.9. The average Bonchev–Trinajstić information content (AvgIpc) is 3.23. The molecule has 198 valence electrons. The van der Waals surface area contributed by atoms with Crippen LogP contribution in [0, 0.1) is 17.7 Å². The van der Waals surface area contributed by atoms with Crippen LogP contribution >= 0.6 is 0 Å². The molecule has 1 aliphatic heterocycles. The van der Waals surface area contributed by atoms with E-state index in [1.54, 1.807) is 0 Å². The third-order valence-corrected chi connectivity index (χ3v) is 8.56. The van der Waals surface area contributed by atoms with Crippen LogP contribution in [0.3, 0.4) is 0 Å². The van der Waals surface area contributed by atoms with Crippen molar-refractivity contribution in [1.29, 1.82) is 0 Å². The average molecular weight is 516 g/mol. The van der Waals surface area contributed by atoms with Crippen molar-refractivity contribution < 1.29 is 39.2 Å². The number of primary amides is 1. The van der Waals surface area contributed by atoms with Crippen molar-refractivity contribution in [3.63, 3.8) is 0 Å². The standard InChI is InChI=1S/C26H30FN3O7/c1-29(2)20-13-8-10-7-12-17(15(31)9-11(19(12)27)14-5-4-6-30(14)3)21(32)16(10)23(34)26(13,37)24(35)18(22(20)33)25(28)36/h9-10,13-14,20,31-32,35,37H,4-8H2,1-3H3,(H2,28,36)/t10-,13-,14?,20-,26-/m0/s1. The van der Waals surface area contributed by atoms with E-state index in [1.807, 2.05) is 11.9 Å². The quantitative estimate of drug-likeness (QED) is 0.367. The molecule has 4 aliphatic rings. The smallest absolute Gasteiger partial charge is 0.255 e. The molecule has 1 aromatic carbocycles. The Hall–Kier alpha value is -3.28. The molecule has 0 radical (unpaired) electrons. The van der Waals surface area contributed by atoms with Crippen LogP contribution in [0.15, 0.2) is 23.0 Å². The molecule has 0 bridgehead atoms. The lowest BCUT2D eigenvalue weighted by Crippen LogP contribution is -2.65. The topological polar surface area (TPSA) is 165 Å². The number of carbonyl (C=O) groups excluding carboxylic acids is 3. The number of halogens is 1. The second kappa shape index (κ2) is 8.37. The summed E-state index contributed by atoms with van der Waals surface area (Å²) in [5.41, 5.74) is 1.54. The van der Waals surface area contributed by atoms with Crippen molar-refractivity contribution in [2.45, 2.75) is 43.4 Å². The summed E-state index contributed by atoms with van der Waals surface area (Å²) in [5.74, 6) is -8.09. The zero-order valence-corrected chi connectivity index (χ0v) is 20.8. The maximum Gasteiger partial charge on any atom is 0.255 e. The Labute approximate surface area is 212 Å². The Morgan fingerprint density at radius 1 is 1.24 bits per heavy atom. The predicted molar refractivity (Wildman–Crippen MR) is 129 cm³/mol. The van der Waals surface area contributed by atoms with Crippen molar-refractivity contribution in [2.75, 3.05) is 27.7 Å². The number of fused-ring (bicyclic) bond motifs is 3. The lowest BCUT2D eigenvalue weighted by molar-refractivity contribution is -0.153. The Kier molecular flexibility index (Phi) is 5.74. The fourth-order valence-electron chi connectivity index (χ4n) is 6.86. The summed E-state index contributed by atoms with van der Waals surface area (Å²) < 4.78 is 15.9. The predicted octanol–water partition coefficient (Wildman–Crippen LogP) is 0.870. The minimum atomic E-state index is -2.72. The van der Waals surface area contributed by atoms with Crippen LogP contribution in [0.4, 0.5) is 4.39 Å². The van der Waals surface area contributed by atoms with E-state index in [0.29, 0.717) is 12.0 Å². The number of likely N-dealkylation sites (N-methyl/N-ethyl adjacent to an activating group) is 1. The van der Waals surface area contributed by atoms with Gasteiger partial charge < -0.3 is 26.2 Å². The number of aliphatic hydroxyl groups excluding tert-OH is 2. The van der Waals surface area contributed by atoms with Crippen LogP contribution in [0.25, 0.3) is 5.76 Å². The largest absolute Gasteiger partial charge is 0.508 e. The molecule has 1 unspecified atom stereocenters. The SMILES string of the molecule is CN1CCCC1c1cc(O)c2c(c1F)C[C@H]1C[C@H]3[C@H](N(C)C)C(=O)C(C(N)=O)=C(O)[C@@]3(O)C(=O)C1=C2O. The van der Waals surface area contributed by atoms with Crippen LogP contribution < -0.4 is 5.73 Å². The summed E-state index contributed by atoms with van der Waals surface area (Å²) in [6, 6.07) is -0.175. The molecule has 37 heavy (non-hydrogen) atoms. The number of phenolic OH excluding ortho intramolecular Hbond substituents is 1. The molecule has 2 fully saturated rings. The number of likely N-dealkylation sites (tertiary alicyclic amines) is 1. The first-order valence-electron chi connectivity index (χ1n) is 12.2. The van der Waals surface area contributed by atoms with Gasteiger partial charge in [-0.1, -0.05) is 0 Å². The van der Waals surface area contributed by atoms with E-state index in [9.17, 15) is 34.8 Å². The van der Waals surface area contributed by atoms with Gasteiger partial charge in [-0.05, 0) is 65.4 Å². The van der Waals surface area contributed by atoms with Crippen LogP contribution in [0.5, 0.6) is 5.75 Å². The molecule has 6 N–H and O–H groups in total. The number of nitrogens with two attached hydrogens (primary N) is 1. The van der Waals surface area contributed by atoms with Crippen LogP contribution in [0.2, 0.25) is 0 Å². The molecule has 3 aliphatic carbocycles. The molecule has 10 nitrogen and oxygen atoms in total. The van der Waals surface area contributed by atoms with E-state index in [4.69, 9.17) is 5.73 Å². The summed E-state index contributed by atoms with van der Waals surface area (Å²) in [6.45, 7) is 0.777. The molecular formula is C26H30FN3O7. The van der Waals surface area contributed by atoms with Crippen LogP contribution in [0.1, 0.15) is 42.0 Å². The molecule has 1 saturated carbocycles. The fourth-order valence-corrected chi connectivity index (χ4v) is 6.86. The monoisotopic (exact) mass is 515 g/mol. The van der Waals surface area contributed by atoms with Gasteiger partial charge in [-0.2, -0.15) is 0 Å². The Morgan fingerprint density at radius 3 is 2.49 bits per heavy atom. The van der Waals surface area contributed by atoms with Gasteiger partial charge in [-0.3, -0.25) is 24.2 Å². The van der Waals surface area contributed by atoms with Crippen molar-refractivity contribution in [2.24, 2.45) is 17.6 Å². The van der Waals surface area contributed by atoms with Gasteiger partial charge >= 0.3 is 0 Å². The lowest BCUT2D eigenvalue weighted by atomic mass is 9.57. The van der Waals surface area contributed by atoms with E-state index in [1.165, 1.54) is 25.1 Å². The zero-order valence-electron chi connectivity index (χ0n) is 20.8. The molecular weight excluding hydrogens is 485 g/mol. The molecule has 5 rings (SSSR count). The van der Waals surface area contributed by atoms with Gasteiger partial charge in [0.1, 0.15) is 28.7 Å². The highest BCUT2D eigenvalue weighted by molar-refractivity contribution is 6.24. The summed E-state index contributed by atoms with van der Waals surface area (Å²) >= 11 is 0. The van der Waals surface area contributed by atoms with E-state index in [0.717, 1.165) is 13.0 Å².